The zero-order chi connectivity index (χ0) is 19.6. The maximum atomic E-state index is 12.0. The van der Waals surface area contributed by atoms with Crippen molar-refractivity contribution in [2.45, 2.75) is 51.5 Å². The molecule has 7 heteroatoms. The smallest absolute Gasteiger partial charge is 0.344 e. The second-order valence-corrected chi connectivity index (χ2v) is 6.60. The fraction of sp³-hybridized carbons (Fsp3) is 0.500. The molecule has 1 aromatic heterocycles. The van der Waals surface area contributed by atoms with Crippen molar-refractivity contribution in [3.8, 4) is 5.75 Å². The fourth-order valence-corrected chi connectivity index (χ4v) is 2.83. The van der Waals surface area contributed by atoms with E-state index in [9.17, 15) is 14.7 Å². The number of nitrogens with two attached hydrogens (primary N) is 1. The van der Waals surface area contributed by atoms with Gasteiger partial charge in [0.15, 0.2) is 6.61 Å². The van der Waals surface area contributed by atoms with Crippen molar-refractivity contribution in [3.05, 3.63) is 30.0 Å². The largest absolute Gasteiger partial charge is 0.508 e. The first-order valence-electron chi connectivity index (χ1n) is 9.38. The number of aromatic amines is 1. The van der Waals surface area contributed by atoms with Crippen LogP contribution >= 0.6 is 0 Å². The monoisotopic (exact) mass is 376 g/mol. The molecule has 0 spiro atoms. The normalized spacial score (nSPS) is 12.1. The van der Waals surface area contributed by atoms with Crippen molar-refractivity contribution in [2.75, 3.05) is 13.2 Å². The van der Waals surface area contributed by atoms with E-state index in [0.717, 1.165) is 42.1 Å². The molecule has 2 aromatic rings. The van der Waals surface area contributed by atoms with Crippen LogP contribution in [0.4, 0.5) is 0 Å². The molecule has 0 aliphatic carbocycles. The van der Waals surface area contributed by atoms with Crippen LogP contribution in [0.5, 0.6) is 5.75 Å². The number of rotatable bonds is 11. The van der Waals surface area contributed by atoms with Crippen LogP contribution in [0.15, 0.2) is 24.4 Å². The number of fused-ring (bicyclic) bond motifs is 1. The van der Waals surface area contributed by atoms with Gasteiger partial charge in [-0.2, -0.15) is 0 Å². The predicted molar refractivity (Wildman–Crippen MR) is 102 cm³/mol. The molecule has 0 saturated heterocycles. The molecule has 148 valence electrons. The van der Waals surface area contributed by atoms with Gasteiger partial charge >= 0.3 is 11.9 Å². The second kappa shape index (κ2) is 10.6. The molecule has 1 heterocycles. The Morgan fingerprint density at radius 3 is 2.74 bits per heavy atom. The maximum absolute atomic E-state index is 12.0. The number of nitrogens with one attached hydrogen (secondary N) is 1. The van der Waals surface area contributed by atoms with Gasteiger partial charge in [0, 0.05) is 23.5 Å². The Bertz CT molecular complexity index is 756. The summed E-state index contributed by atoms with van der Waals surface area (Å²) < 4.78 is 9.99. The van der Waals surface area contributed by atoms with Gasteiger partial charge in [-0.3, -0.25) is 4.79 Å². The minimum atomic E-state index is -0.909. The van der Waals surface area contributed by atoms with E-state index in [0.29, 0.717) is 6.61 Å². The molecule has 27 heavy (non-hydrogen) atoms. The summed E-state index contributed by atoms with van der Waals surface area (Å²) >= 11 is 0. The number of carbonyl (C=O) groups is 2. The van der Waals surface area contributed by atoms with Gasteiger partial charge in [-0.05, 0) is 30.2 Å². The van der Waals surface area contributed by atoms with E-state index >= 15 is 0 Å². The highest BCUT2D eigenvalue weighted by molar-refractivity contribution is 5.86. The summed E-state index contributed by atoms with van der Waals surface area (Å²) in [7, 11) is 0. The van der Waals surface area contributed by atoms with Crippen molar-refractivity contribution in [3.63, 3.8) is 0 Å². The summed E-state index contributed by atoms with van der Waals surface area (Å²) in [5.41, 5.74) is 7.52. The van der Waals surface area contributed by atoms with E-state index < -0.39 is 24.6 Å². The third-order valence-electron chi connectivity index (χ3n) is 4.34. The molecule has 0 aliphatic heterocycles. The number of phenols is 1. The standard InChI is InChI=1S/C20H28N2O5/c1-2-3-4-5-6-9-26-19(24)13-27-20(25)17(21)10-14-12-22-18-8-7-15(23)11-16(14)18/h7-8,11-12,17,22-23H,2-6,9-10,13,21H2,1H3. The van der Waals surface area contributed by atoms with Crippen LogP contribution < -0.4 is 5.73 Å². The van der Waals surface area contributed by atoms with Crippen molar-refractivity contribution in [2.24, 2.45) is 5.73 Å². The third kappa shape index (κ3) is 6.60. The van der Waals surface area contributed by atoms with Crippen LogP contribution in [-0.2, 0) is 25.5 Å². The zero-order valence-corrected chi connectivity index (χ0v) is 15.7. The Labute approximate surface area is 158 Å². The summed E-state index contributed by atoms with van der Waals surface area (Å²) in [4.78, 5) is 26.7. The number of unbranched alkanes of at least 4 members (excludes halogenated alkanes) is 4. The quantitative estimate of drug-likeness (QED) is 0.410. The molecule has 2 rings (SSSR count). The van der Waals surface area contributed by atoms with Gasteiger partial charge in [0.25, 0.3) is 0 Å². The lowest BCUT2D eigenvalue weighted by Gasteiger charge is -2.11. The topological polar surface area (TPSA) is 115 Å². The number of esters is 2. The molecule has 1 aromatic carbocycles. The fourth-order valence-electron chi connectivity index (χ4n) is 2.83. The summed E-state index contributed by atoms with van der Waals surface area (Å²) in [5.74, 6) is -1.09. The van der Waals surface area contributed by atoms with Crippen LogP contribution in [-0.4, -0.2) is 41.3 Å². The molecule has 0 radical (unpaired) electrons. The number of aromatic nitrogens is 1. The molecular weight excluding hydrogens is 348 g/mol. The Morgan fingerprint density at radius 1 is 1.19 bits per heavy atom. The molecule has 0 bridgehead atoms. The molecular formula is C20H28N2O5. The van der Waals surface area contributed by atoms with Crippen LogP contribution in [0.3, 0.4) is 0 Å². The Kier molecular flexibility index (Phi) is 8.13. The second-order valence-electron chi connectivity index (χ2n) is 6.60. The highest BCUT2D eigenvalue weighted by Gasteiger charge is 2.19. The summed E-state index contributed by atoms with van der Waals surface area (Å²) in [6, 6.07) is 4.02. The van der Waals surface area contributed by atoms with Gasteiger partial charge in [0.1, 0.15) is 11.8 Å². The van der Waals surface area contributed by atoms with Gasteiger partial charge < -0.3 is 25.3 Å². The van der Waals surface area contributed by atoms with Gasteiger partial charge in [-0.1, -0.05) is 32.6 Å². The minimum absolute atomic E-state index is 0.136. The average molecular weight is 376 g/mol. The first kappa shape index (κ1) is 20.8. The maximum Gasteiger partial charge on any atom is 0.344 e. The lowest BCUT2D eigenvalue weighted by Crippen LogP contribution is -2.35. The van der Waals surface area contributed by atoms with Gasteiger partial charge in [0.05, 0.1) is 6.61 Å². The van der Waals surface area contributed by atoms with E-state index in [1.54, 1.807) is 24.4 Å². The van der Waals surface area contributed by atoms with Crippen molar-refractivity contribution in [1.29, 1.82) is 0 Å². The number of benzene rings is 1. The van der Waals surface area contributed by atoms with Crippen LogP contribution in [0.25, 0.3) is 10.9 Å². The molecule has 0 aliphatic rings. The lowest BCUT2D eigenvalue weighted by molar-refractivity contribution is -0.159. The van der Waals surface area contributed by atoms with Crippen LogP contribution in [0, 0.1) is 0 Å². The molecule has 0 amide bonds. The van der Waals surface area contributed by atoms with Gasteiger partial charge in [-0.15, -0.1) is 0 Å². The molecule has 1 unspecified atom stereocenters. The van der Waals surface area contributed by atoms with Crippen LogP contribution in [0.2, 0.25) is 0 Å². The molecule has 0 fully saturated rings. The molecule has 7 nitrogen and oxygen atoms in total. The lowest BCUT2D eigenvalue weighted by atomic mass is 10.1. The number of aromatic hydroxyl groups is 1. The Balaban J connectivity index is 1.72. The zero-order valence-electron chi connectivity index (χ0n) is 15.7. The first-order chi connectivity index (χ1) is 13.0. The molecule has 4 N–H and O–H groups in total. The predicted octanol–water partition coefficient (Wildman–Crippen LogP) is 2.80. The highest BCUT2D eigenvalue weighted by atomic mass is 16.6. The van der Waals surface area contributed by atoms with E-state index in [1.165, 1.54) is 6.42 Å². The van der Waals surface area contributed by atoms with E-state index in [2.05, 4.69) is 11.9 Å². The number of hydrogen-bond donors (Lipinski definition) is 3. The Hall–Kier alpha value is -2.54. The van der Waals surface area contributed by atoms with E-state index in [1.807, 2.05) is 0 Å². The van der Waals surface area contributed by atoms with Crippen molar-refractivity contribution >= 4 is 22.8 Å². The number of carbonyl (C=O) groups excluding carboxylic acids is 2. The van der Waals surface area contributed by atoms with Gasteiger partial charge in [0.2, 0.25) is 0 Å². The first-order valence-corrected chi connectivity index (χ1v) is 9.38. The molecule has 1 atom stereocenters. The van der Waals surface area contributed by atoms with Crippen molar-refractivity contribution < 1.29 is 24.2 Å². The summed E-state index contributed by atoms with van der Waals surface area (Å²) in [6.45, 7) is 2.04. The SMILES string of the molecule is CCCCCCCOC(=O)COC(=O)C(N)Cc1c[nH]c2ccc(O)cc12. The van der Waals surface area contributed by atoms with Gasteiger partial charge in [-0.25, -0.2) is 4.79 Å². The summed E-state index contributed by atoms with van der Waals surface area (Å²) in [5, 5.41) is 10.4. The van der Waals surface area contributed by atoms with Crippen LogP contribution in [0.1, 0.15) is 44.6 Å². The van der Waals surface area contributed by atoms with E-state index in [-0.39, 0.29) is 12.2 Å². The minimum Gasteiger partial charge on any atom is -0.508 e. The number of phenolic OH excluding ortho intramolecular Hbond substituents is 1. The highest BCUT2D eigenvalue weighted by Crippen LogP contribution is 2.23. The average Bonchev–Trinajstić information content (AvgIpc) is 3.04. The van der Waals surface area contributed by atoms with E-state index in [4.69, 9.17) is 15.2 Å². The molecule has 0 saturated carbocycles. The summed E-state index contributed by atoms with van der Waals surface area (Å²) in [6.07, 6.45) is 7.27. The Morgan fingerprint density at radius 2 is 1.96 bits per heavy atom. The number of ether oxygens (including phenoxy) is 2. The number of H-pyrrole nitrogens is 1. The number of hydrogen-bond acceptors (Lipinski definition) is 6. The van der Waals surface area contributed by atoms with Crippen molar-refractivity contribution in [1.82, 2.24) is 4.98 Å². The third-order valence-corrected chi connectivity index (χ3v) is 4.34.